The fraction of sp³-hybridized carbons (Fsp3) is 0.286. The molecule has 3 N–H and O–H groups in total. The summed E-state index contributed by atoms with van der Waals surface area (Å²) in [6, 6.07) is 13.6. The Bertz CT molecular complexity index is 931. The van der Waals surface area contributed by atoms with Gasteiger partial charge in [0.1, 0.15) is 11.9 Å². The molecular formula is C21H23N5O2. The highest BCUT2D eigenvalue weighted by atomic mass is 16.5. The van der Waals surface area contributed by atoms with E-state index in [2.05, 4.69) is 39.7 Å². The molecule has 1 amide bonds. The lowest BCUT2D eigenvalue weighted by Crippen LogP contribution is -2.51. The van der Waals surface area contributed by atoms with Gasteiger partial charge in [-0.1, -0.05) is 35.9 Å². The predicted molar refractivity (Wildman–Crippen MR) is 106 cm³/mol. The lowest BCUT2D eigenvalue weighted by Gasteiger charge is -2.22. The number of rotatable bonds is 5. The number of imidazole rings is 1. The normalized spacial score (nSPS) is 16.7. The molecule has 1 saturated heterocycles. The molecule has 7 heteroatoms. The van der Waals surface area contributed by atoms with Gasteiger partial charge in [0.05, 0.1) is 36.8 Å². The molecule has 1 unspecified atom stereocenters. The minimum Gasteiger partial charge on any atom is -0.378 e. The zero-order valence-corrected chi connectivity index (χ0v) is 15.7. The van der Waals surface area contributed by atoms with E-state index in [0.717, 1.165) is 22.6 Å². The van der Waals surface area contributed by atoms with Crippen LogP contribution in [-0.4, -0.2) is 46.7 Å². The van der Waals surface area contributed by atoms with Gasteiger partial charge < -0.3 is 20.4 Å². The van der Waals surface area contributed by atoms with Crippen molar-refractivity contribution in [2.24, 2.45) is 0 Å². The number of carbonyl (C=O) groups excluding carboxylic acids is 1. The van der Waals surface area contributed by atoms with Crippen LogP contribution in [-0.2, 0) is 16.1 Å². The first-order chi connectivity index (χ1) is 13.7. The summed E-state index contributed by atoms with van der Waals surface area (Å²) in [6.07, 6.45) is 1.76. The van der Waals surface area contributed by atoms with Crippen LogP contribution in [0.25, 0.3) is 22.6 Å². The highest BCUT2D eigenvalue weighted by Crippen LogP contribution is 2.29. The summed E-state index contributed by atoms with van der Waals surface area (Å²) in [6.45, 7) is 4.06. The van der Waals surface area contributed by atoms with Crippen molar-refractivity contribution in [2.45, 2.75) is 19.5 Å². The molecule has 144 valence electrons. The Morgan fingerprint density at radius 2 is 2.11 bits per heavy atom. The maximum absolute atomic E-state index is 12.3. The van der Waals surface area contributed by atoms with Crippen LogP contribution in [0.1, 0.15) is 11.4 Å². The van der Waals surface area contributed by atoms with Crippen LogP contribution in [0, 0.1) is 6.92 Å². The summed E-state index contributed by atoms with van der Waals surface area (Å²) in [5, 5.41) is 6.08. The second-order valence-electron chi connectivity index (χ2n) is 6.79. The summed E-state index contributed by atoms with van der Waals surface area (Å²) in [7, 11) is 0. The monoisotopic (exact) mass is 377 g/mol. The van der Waals surface area contributed by atoms with Crippen LogP contribution in [0.2, 0.25) is 0 Å². The molecule has 0 radical (unpaired) electrons. The highest BCUT2D eigenvalue weighted by Gasteiger charge is 2.21. The van der Waals surface area contributed by atoms with Crippen LogP contribution in [0.4, 0.5) is 0 Å². The fourth-order valence-electron chi connectivity index (χ4n) is 3.15. The molecule has 1 fully saturated rings. The number of hydrogen-bond donors (Lipinski definition) is 3. The third-order valence-corrected chi connectivity index (χ3v) is 4.67. The minimum atomic E-state index is -0.324. The number of amides is 1. The maximum Gasteiger partial charge on any atom is 0.239 e. The number of aromatic nitrogens is 3. The van der Waals surface area contributed by atoms with E-state index in [0.29, 0.717) is 32.1 Å². The molecule has 0 saturated carbocycles. The quantitative estimate of drug-likeness (QED) is 0.633. The van der Waals surface area contributed by atoms with Crippen LogP contribution in [0.15, 0.2) is 48.7 Å². The molecule has 4 rings (SSSR count). The van der Waals surface area contributed by atoms with Gasteiger partial charge in [0.25, 0.3) is 0 Å². The van der Waals surface area contributed by atoms with E-state index in [-0.39, 0.29) is 11.9 Å². The van der Waals surface area contributed by atoms with Crippen molar-refractivity contribution in [1.29, 1.82) is 0 Å². The topological polar surface area (TPSA) is 91.9 Å². The average Bonchev–Trinajstić information content (AvgIpc) is 3.18. The number of aromatic amines is 1. The number of hydrogen-bond acceptors (Lipinski definition) is 5. The summed E-state index contributed by atoms with van der Waals surface area (Å²) in [5.74, 6) is 0.591. The summed E-state index contributed by atoms with van der Waals surface area (Å²) >= 11 is 0. The Kier molecular flexibility index (Phi) is 5.45. The first kappa shape index (κ1) is 18.3. The number of nitrogens with zero attached hydrogens (tertiary/aromatic N) is 2. The van der Waals surface area contributed by atoms with E-state index in [9.17, 15) is 4.79 Å². The number of carbonyl (C=O) groups is 1. The van der Waals surface area contributed by atoms with E-state index in [1.54, 1.807) is 6.20 Å². The summed E-state index contributed by atoms with van der Waals surface area (Å²) in [4.78, 5) is 24.9. The largest absolute Gasteiger partial charge is 0.378 e. The molecule has 28 heavy (non-hydrogen) atoms. The number of H-pyrrole nitrogens is 1. The average molecular weight is 377 g/mol. The van der Waals surface area contributed by atoms with Gasteiger partial charge in [0, 0.05) is 18.3 Å². The van der Waals surface area contributed by atoms with Crippen molar-refractivity contribution >= 4 is 5.91 Å². The van der Waals surface area contributed by atoms with Gasteiger partial charge in [0.2, 0.25) is 5.91 Å². The number of morpholine rings is 1. The number of ether oxygens (including phenoxy) is 1. The Balaban J connectivity index is 1.58. The van der Waals surface area contributed by atoms with E-state index in [4.69, 9.17) is 9.72 Å². The Morgan fingerprint density at radius 1 is 1.25 bits per heavy atom. The zero-order chi connectivity index (χ0) is 19.3. The van der Waals surface area contributed by atoms with Gasteiger partial charge in [-0.05, 0) is 19.1 Å². The van der Waals surface area contributed by atoms with E-state index < -0.39 is 0 Å². The SMILES string of the molecule is Cc1ccc(-c2nc(CNC(=O)C3COCCN3)[nH]c2-c2ccccn2)cc1. The van der Waals surface area contributed by atoms with Crippen molar-refractivity contribution < 1.29 is 9.53 Å². The lowest BCUT2D eigenvalue weighted by atomic mass is 10.1. The smallest absolute Gasteiger partial charge is 0.239 e. The molecular weight excluding hydrogens is 354 g/mol. The molecule has 1 aliphatic rings. The Morgan fingerprint density at radius 3 is 2.82 bits per heavy atom. The van der Waals surface area contributed by atoms with Gasteiger partial charge >= 0.3 is 0 Å². The first-order valence-corrected chi connectivity index (χ1v) is 9.37. The number of nitrogens with one attached hydrogen (secondary N) is 3. The minimum absolute atomic E-state index is 0.0904. The standard InChI is InChI=1S/C21H23N5O2/c1-14-5-7-15(8-6-14)19-20(16-4-2-3-9-22-16)26-18(25-19)12-24-21(27)17-13-28-11-10-23-17/h2-9,17,23H,10-13H2,1H3,(H,24,27)(H,25,26). The van der Waals surface area contributed by atoms with Gasteiger partial charge in [-0.3, -0.25) is 9.78 Å². The molecule has 1 atom stereocenters. The molecule has 0 bridgehead atoms. The third-order valence-electron chi connectivity index (χ3n) is 4.67. The van der Waals surface area contributed by atoms with Crippen LogP contribution < -0.4 is 10.6 Å². The van der Waals surface area contributed by atoms with Crippen LogP contribution in [0.3, 0.4) is 0 Å². The number of benzene rings is 1. The first-order valence-electron chi connectivity index (χ1n) is 9.37. The maximum atomic E-state index is 12.3. The number of aryl methyl sites for hydroxylation is 1. The van der Waals surface area contributed by atoms with E-state index in [1.165, 1.54) is 5.56 Å². The highest BCUT2D eigenvalue weighted by molar-refractivity contribution is 5.82. The lowest BCUT2D eigenvalue weighted by molar-refractivity contribution is -0.126. The summed E-state index contributed by atoms with van der Waals surface area (Å²) < 4.78 is 5.35. The predicted octanol–water partition coefficient (Wildman–Crippen LogP) is 2.05. The molecule has 2 aromatic heterocycles. The van der Waals surface area contributed by atoms with Crippen molar-refractivity contribution in [2.75, 3.05) is 19.8 Å². The molecule has 0 aliphatic carbocycles. The van der Waals surface area contributed by atoms with E-state index >= 15 is 0 Å². The second kappa shape index (κ2) is 8.33. The van der Waals surface area contributed by atoms with Crippen molar-refractivity contribution in [1.82, 2.24) is 25.6 Å². The third kappa shape index (κ3) is 4.11. The van der Waals surface area contributed by atoms with Crippen molar-refractivity contribution in [3.8, 4) is 22.6 Å². The van der Waals surface area contributed by atoms with Gasteiger partial charge in [-0.15, -0.1) is 0 Å². The van der Waals surface area contributed by atoms with Gasteiger partial charge in [0.15, 0.2) is 0 Å². The Hall–Kier alpha value is -3.03. The molecule has 0 spiro atoms. The van der Waals surface area contributed by atoms with Crippen molar-refractivity contribution in [3.05, 3.63) is 60.0 Å². The molecule has 7 nitrogen and oxygen atoms in total. The van der Waals surface area contributed by atoms with Crippen LogP contribution in [0.5, 0.6) is 0 Å². The summed E-state index contributed by atoms with van der Waals surface area (Å²) in [5.41, 5.74) is 4.66. The fourth-order valence-corrected chi connectivity index (χ4v) is 3.15. The number of pyridine rings is 1. The molecule has 3 heterocycles. The van der Waals surface area contributed by atoms with Gasteiger partial charge in [-0.25, -0.2) is 4.98 Å². The zero-order valence-electron chi connectivity index (χ0n) is 15.7. The van der Waals surface area contributed by atoms with E-state index in [1.807, 2.05) is 30.3 Å². The molecule has 1 aliphatic heterocycles. The second-order valence-corrected chi connectivity index (χ2v) is 6.79. The van der Waals surface area contributed by atoms with Gasteiger partial charge in [-0.2, -0.15) is 0 Å². The molecule has 1 aromatic carbocycles. The Labute approximate surface area is 163 Å². The van der Waals surface area contributed by atoms with Crippen molar-refractivity contribution in [3.63, 3.8) is 0 Å². The molecule has 3 aromatic rings. The van der Waals surface area contributed by atoms with Crippen LogP contribution >= 0.6 is 0 Å².